The van der Waals surface area contributed by atoms with E-state index in [-0.39, 0.29) is 30.1 Å². The maximum Gasteiger partial charge on any atom is 0.184 e. The van der Waals surface area contributed by atoms with Crippen LogP contribution in [0.1, 0.15) is 44.1 Å². The second-order valence-electron chi connectivity index (χ2n) is 8.15. The van der Waals surface area contributed by atoms with Gasteiger partial charge in [-0.3, -0.25) is 4.79 Å². The fourth-order valence-corrected chi connectivity index (χ4v) is 3.88. The van der Waals surface area contributed by atoms with E-state index in [0.29, 0.717) is 13.0 Å². The Kier molecular flexibility index (Phi) is 8.02. The summed E-state index contributed by atoms with van der Waals surface area (Å²) >= 11 is 0. The molecule has 0 radical (unpaired) electrons. The summed E-state index contributed by atoms with van der Waals surface area (Å²) in [5.41, 5.74) is 2.07. The fraction of sp³-hybridized carbons (Fsp3) is 0.480. The number of aliphatic hydroxyl groups excluding tert-OH is 1. The predicted octanol–water partition coefficient (Wildman–Crippen LogP) is 4.33. The normalized spacial score (nSPS) is 23.5. The van der Waals surface area contributed by atoms with E-state index in [1.165, 1.54) is 5.56 Å². The average Bonchev–Trinajstić information content (AvgIpc) is 2.78. The lowest BCUT2D eigenvalue weighted by Gasteiger charge is -2.38. The number of rotatable bonds is 9. The Labute approximate surface area is 179 Å². The van der Waals surface area contributed by atoms with E-state index in [2.05, 4.69) is 0 Å². The lowest BCUT2D eigenvalue weighted by molar-refractivity contribution is -0.247. The highest BCUT2D eigenvalue weighted by Gasteiger charge is 2.36. The lowest BCUT2D eigenvalue weighted by atomic mass is 9.87. The number of aliphatic hydroxyl groups is 1. The van der Waals surface area contributed by atoms with E-state index < -0.39 is 12.4 Å². The van der Waals surface area contributed by atoms with Gasteiger partial charge in [0.1, 0.15) is 11.5 Å². The van der Waals surface area contributed by atoms with Crippen LogP contribution in [0.2, 0.25) is 0 Å². The fourth-order valence-electron chi connectivity index (χ4n) is 3.88. The molecule has 0 amide bonds. The monoisotopic (exact) mass is 412 g/mol. The van der Waals surface area contributed by atoms with Crippen molar-refractivity contribution < 1.29 is 24.1 Å². The molecule has 1 heterocycles. The highest BCUT2D eigenvalue weighted by Crippen LogP contribution is 2.34. The predicted molar refractivity (Wildman–Crippen MR) is 115 cm³/mol. The summed E-state index contributed by atoms with van der Waals surface area (Å²) in [7, 11) is 1.63. The van der Waals surface area contributed by atoms with Gasteiger partial charge >= 0.3 is 0 Å². The van der Waals surface area contributed by atoms with Crippen LogP contribution in [0.3, 0.4) is 0 Å². The molecule has 1 saturated heterocycles. The van der Waals surface area contributed by atoms with Crippen molar-refractivity contribution in [1.29, 1.82) is 0 Å². The standard InChI is InChI=1S/C25H32O5/c1-17-16-29-25(20-10-13-22(28-3)14-11-20)30-24(17)18(2)23(27)15-21(26)12-9-19-7-5-4-6-8-19/h4-8,10-11,13-14,17-18,21,24-26H,9,12,15-16H2,1-3H3/t17-,18+,21-,24+,25+/m1/s1. The van der Waals surface area contributed by atoms with E-state index >= 15 is 0 Å². The Bertz CT molecular complexity index is 789. The molecule has 0 aromatic heterocycles. The summed E-state index contributed by atoms with van der Waals surface area (Å²) in [4.78, 5) is 12.8. The van der Waals surface area contributed by atoms with Crippen LogP contribution >= 0.6 is 0 Å². The van der Waals surface area contributed by atoms with Crippen molar-refractivity contribution in [3.63, 3.8) is 0 Å². The third-order valence-corrected chi connectivity index (χ3v) is 5.79. The molecule has 5 heteroatoms. The first-order valence-electron chi connectivity index (χ1n) is 10.6. The molecule has 1 N–H and O–H groups in total. The van der Waals surface area contributed by atoms with Gasteiger partial charge < -0.3 is 19.3 Å². The van der Waals surface area contributed by atoms with Gasteiger partial charge in [-0.15, -0.1) is 0 Å². The van der Waals surface area contributed by atoms with Crippen molar-refractivity contribution in [3.05, 3.63) is 65.7 Å². The van der Waals surface area contributed by atoms with Crippen molar-refractivity contribution in [2.75, 3.05) is 13.7 Å². The van der Waals surface area contributed by atoms with E-state index in [4.69, 9.17) is 14.2 Å². The van der Waals surface area contributed by atoms with Gasteiger partial charge in [-0.2, -0.15) is 0 Å². The maximum atomic E-state index is 12.8. The topological polar surface area (TPSA) is 65.0 Å². The molecule has 1 fully saturated rings. The first-order chi connectivity index (χ1) is 14.5. The molecule has 162 valence electrons. The number of hydrogen-bond donors (Lipinski definition) is 1. The number of ketones is 1. The van der Waals surface area contributed by atoms with Gasteiger partial charge in [0.05, 0.1) is 25.9 Å². The van der Waals surface area contributed by atoms with Crippen LogP contribution in [0, 0.1) is 11.8 Å². The van der Waals surface area contributed by atoms with Crippen LogP contribution in [-0.4, -0.2) is 36.8 Å². The van der Waals surface area contributed by atoms with Crippen molar-refractivity contribution >= 4 is 5.78 Å². The van der Waals surface area contributed by atoms with Crippen LogP contribution < -0.4 is 4.74 Å². The number of carbonyl (C=O) groups excluding carboxylic acids is 1. The van der Waals surface area contributed by atoms with Crippen LogP contribution in [0.15, 0.2) is 54.6 Å². The minimum atomic E-state index is -0.646. The zero-order valence-corrected chi connectivity index (χ0v) is 18.0. The molecule has 1 aliphatic heterocycles. The summed E-state index contributed by atoms with van der Waals surface area (Å²) in [6.07, 6.45) is 0.0751. The smallest absolute Gasteiger partial charge is 0.184 e. The summed E-state index contributed by atoms with van der Waals surface area (Å²) in [6.45, 7) is 4.45. The average molecular weight is 413 g/mol. The van der Waals surface area contributed by atoms with Gasteiger partial charge in [0.2, 0.25) is 0 Å². The number of methoxy groups -OCH3 is 1. The van der Waals surface area contributed by atoms with Crippen LogP contribution in [-0.2, 0) is 20.7 Å². The van der Waals surface area contributed by atoms with Gasteiger partial charge in [0.15, 0.2) is 6.29 Å². The van der Waals surface area contributed by atoms with Crippen molar-refractivity contribution in [2.24, 2.45) is 11.8 Å². The van der Waals surface area contributed by atoms with Crippen molar-refractivity contribution in [2.45, 2.75) is 51.6 Å². The third-order valence-electron chi connectivity index (χ3n) is 5.79. The van der Waals surface area contributed by atoms with E-state index in [1.807, 2.05) is 68.4 Å². The Morgan fingerprint density at radius 1 is 1.17 bits per heavy atom. The highest BCUT2D eigenvalue weighted by atomic mass is 16.7. The Balaban J connectivity index is 1.55. The van der Waals surface area contributed by atoms with Crippen molar-refractivity contribution in [1.82, 2.24) is 0 Å². The molecular weight excluding hydrogens is 380 g/mol. The molecule has 3 rings (SSSR count). The highest BCUT2D eigenvalue weighted by molar-refractivity contribution is 5.81. The Morgan fingerprint density at radius 3 is 2.53 bits per heavy atom. The summed E-state index contributed by atoms with van der Waals surface area (Å²) in [5.74, 6) is 0.589. The molecule has 1 aliphatic rings. The SMILES string of the molecule is COc1ccc([C@H]2OC[C@@H](C)[C@@H]([C@@H](C)C(=O)C[C@H](O)CCc3ccccc3)O2)cc1. The van der Waals surface area contributed by atoms with Gasteiger partial charge in [-0.05, 0) is 30.5 Å². The first kappa shape index (κ1) is 22.5. The minimum Gasteiger partial charge on any atom is -0.497 e. The van der Waals surface area contributed by atoms with Gasteiger partial charge in [-0.1, -0.05) is 56.3 Å². The number of ether oxygens (including phenoxy) is 3. The summed E-state index contributed by atoms with van der Waals surface area (Å²) < 4.78 is 17.2. The molecule has 30 heavy (non-hydrogen) atoms. The number of aryl methyl sites for hydroxylation is 1. The molecule has 0 aliphatic carbocycles. The van der Waals surface area contributed by atoms with E-state index in [1.54, 1.807) is 7.11 Å². The maximum absolute atomic E-state index is 12.8. The third kappa shape index (κ3) is 5.91. The minimum absolute atomic E-state index is 0.0304. The second-order valence-corrected chi connectivity index (χ2v) is 8.15. The van der Waals surface area contributed by atoms with E-state index in [9.17, 15) is 9.90 Å². The second kappa shape index (κ2) is 10.7. The molecule has 5 atom stereocenters. The van der Waals surface area contributed by atoms with Crippen LogP contribution in [0.4, 0.5) is 0 Å². The quantitative estimate of drug-likeness (QED) is 0.664. The van der Waals surface area contributed by atoms with Crippen molar-refractivity contribution in [3.8, 4) is 5.75 Å². The molecule has 0 unspecified atom stereocenters. The largest absolute Gasteiger partial charge is 0.497 e. The molecule has 0 bridgehead atoms. The molecule has 0 saturated carbocycles. The number of carbonyl (C=O) groups is 1. The molecule has 0 spiro atoms. The Hall–Kier alpha value is -2.21. The Morgan fingerprint density at radius 2 is 1.87 bits per heavy atom. The zero-order valence-electron chi connectivity index (χ0n) is 18.0. The van der Waals surface area contributed by atoms with Crippen LogP contribution in [0.5, 0.6) is 5.75 Å². The number of hydrogen-bond acceptors (Lipinski definition) is 5. The van der Waals surface area contributed by atoms with Gasteiger partial charge in [-0.25, -0.2) is 0 Å². The zero-order chi connectivity index (χ0) is 21.5. The number of Topliss-reactive ketones (excluding diaryl/α,β-unsaturated/α-hetero) is 1. The van der Waals surface area contributed by atoms with E-state index in [0.717, 1.165) is 17.7 Å². The lowest BCUT2D eigenvalue weighted by Crippen LogP contribution is -2.42. The summed E-state index contributed by atoms with van der Waals surface area (Å²) in [6, 6.07) is 17.6. The molecule has 2 aromatic carbocycles. The van der Waals surface area contributed by atoms with Crippen LogP contribution in [0.25, 0.3) is 0 Å². The molecular formula is C25H32O5. The van der Waals surface area contributed by atoms with Gasteiger partial charge in [0, 0.05) is 23.8 Å². The number of benzene rings is 2. The molecule has 5 nitrogen and oxygen atoms in total. The van der Waals surface area contributed by atoms with Gasteiger partial charge in [0.25, 0.3) is 0 Å². The molecule has 2 aromatic rings. The first-order valence-corrected chi connectivity index (χ1v) is 10.6. The summed E-state index contributed by atoms with van der Waals surface area (Å²) in [5, 5.41) is 10.4.